The first-order valence-electron chi connectivity index (χ1n) is 7.41. The van der Waals surface area contributed by atoms with Gasteiger partial charge in [0.2, 0.25) is 10.0 Å². The predicted octanol–water partition coefficient (Wildman–Crippen LogP) is 1.71. The Labute approximate surface area is 130 Å². The Balaban J connectivity index is 1.92. The predicted molar refractivity (Wildman–Crippen MR) is 81.2 cm³/mol. The minimum atomic E-state index is -3.56. The number of ether oxygens (including phenoxy) is 2. The molecule has 1 aliphatic rings. The Bertz CT molecular complexity index is 591. The zero-order chi connectivity index (χ0) is 16.0. The number of hydrogen-bond donors (Lipinski definition) is 1. The van der Waals surface area contributed by atoms with Crippen LogP contribution in [0.5, 0.6) is 0 Å². The quantitative estimate of drug-likeness (QED) is 0.771. The Kier molecular flexibility index (Phi) is 5.93. The molecule has 122 valence electrons. The molecule has 1 heterocycles. The van der Waals surface area contributed by atoms with Gasteiger partial charge in [0.25, 0.3) is 0 Å². The van der Waals surface area contributed by atoms with Crippen molar-refractivity contribution in [2.24, 2.45) is 0 Å². The fraction of sp³-hybridized carbons (Fsp3) is 0.533. The molecule has 1 fully saturated rings. The van der Waals surface area contributed by atoms with Crippen LogP contribution in [0.25, 0.3) is 0 Å². The summed E-state index contributed by atoms with van der Waals surface area (Å²) in [7, 11) is -3.56. The fourth-order valence-electron chi connectivity index (χ4n) is 2.29. The average Bonchev–Trinajstić information content (AvgIpc) is 3.01. The molecule has 0 unspecified atom stereocenters. The first-order chi connectivity index (χ1) is 10.5. The third-order valence-corrected chi connectivity index (χ3v) is 4.94. The molecule has 0 aliphatic carbocycles. The molecule has 6 nitrogen and oxygen atoms in total. The summed E-state index contributed by atoms with van der Waals surface area (Å²) in [5.41, 5.74) is 0.333. The lowest BCUT2D eigenvalue weighted by atomic mass is 10.2. The van der Waals surface area contributed by atoms with Gasteiger partial charge in [-0.1, -0.05) is 0 Å². The normalized spacial score (nSPS) is 18.3. The van der Waals surface area contributed by atoms with Crippen LogP contribution in [-0.4, -0.2) is 40.2 Å². The topological polar surface area (TPSA) is 81.7 Å². The molecule has 2 rings (SSSR count). The van der Waals surface area contributed by atoms with E-state index in [1.807, 2.05) is 0 Å². The molecular formula is C15H21NO5S. The average molecular weight is 327 g/mol. The van der Waals surface area contributed by atoms with Crippen molar-refractivity contribution >= 4 is 16.0 Å². The van der Waals surface area contributed by atoms with Crippen molar-refractivity contribution in [2.75, 3.05) is 19.8 Å². The second kappa shape index (κ2) is 7.71. The van der Waals surface area contributed by atoms with E-state index in [2.05, 4.69) is 4.72 Å². The van der Waals surface area contributed by atoms with E-state index in [1.54, 1.807) is 6.92 Å². The highest BCUT2D eigenvalue weighted by molar-refractivity contribution is 7.89. The van der Waals surface area contributed by atoms with Crippen LogP contribution in [0.3, 0.4) is 0 Å². The van der Waals surface area contributed by atoms with Crippen LogP contribution in [0.2, 0.25) is 0 Å². The molecule has 0 saturated carbocycles. The fourth-order valence-corrected chi connectivity index (χ4v) is 3.34. The number of esters is 1. The lowest BCUT2D eigenvalue weighted by Crippen LogP contribution is -2.27. The van der Waals surface area contributed by atoms with E-state index in [0.29, 0.717) is 18.5 Å². The summed E-state index contributed by atoms with van der Waals surface area (Å²) in [5, 5.41) is 0. The van der Waals surface area contributed by atoms with Crippen LogP contribution in [0.4, 0.5) is 0 Å². The molecule has 1 aliphatic heterocycles. The third kappa shape index (κ3) is 4.53. The van der Waals surface area contributed by atoms with Gasteiger partial charge in [-0.3, -0.25) is 0 Å². The molecule has 7 heteroatoms. The van der Waals surface area contributed by atoms with Gasteiger partial charge in [-0.15, -0.1) is 0 Å². The number of nitrogens with one attached hydrogen (secondary N) is 1. The van der Waals surface area contributed by atoms with Crippen molar-refractivity contribution in [3.63, 3.8) is 0 Å². The standard InChI is InChI=1S/C15H21NO5S/c1-2-20-15(17)12-5-7-14(8-6-12)22(18,19)16-10-9-13-4-3-11-21-13/h5-8,13,16H,2-4,9-11H2,1H3/t13-/m0/s1. The second-order valence-corrected chi connectivity index (χ2v) is 6.83. The van der Waals surface area contributed by atoms with E-state index in [9.17, 15) is 13.2 Å². The van der Waals surface area contributed by atoms with Crippen LogP contribution in [-0.2, 0) is 19.5 Å². The van der Waals surface area contributed by atoms with Gasteiger partial charge in [0.15, 0.2) is 0 Å². The Morgan fingerprint density at radius 2 is 2.09 bits per heavy atom. The van der Waals surface area contributed by atoms with Gasteiger partial charge in [0, 0.05) is 13.2 Å². The van der Waals surface area contributed by atoms with E-state index in [4.69, 9.17) is 9.47 Å². The van der Waals surface area contributed by atoms with E-state index in [1.165, 1.54) is 24.3 Å². The highest BCUT2D eigenvalue weighted by Crippen LogP contribution is 2.15. The SMILES string of the molecule is CCOC(=O)c1ccc(S(=O)(=O)NCC[C@@H]2CCCO2)cc1. The lowest BCUT2D eigenvalue weighted by molar-refractivity contribution is 0.0526. The second-order valence-electron chi connectivity index (χ2n) is 5.07. The summed E-state index contributed by atoms with van der Waals surface area (Å²) in [5.74, 6) is -0.460. The zero-order valence-electron chi connectivity index (χ0n) is 12.6. The molecule has 0 radical (unpaired) electrons. The molecule has 0 aromatic heterocycles. The van der Waals surface area contributed by atoms with Crippen LogP contribution >= 0.6 is 0 Å². The summed E-state index contributed by atoms with van der Waals surface area (Å²) >= 11 is 0. The van der Waals surface area contributed by atoms with E-state index in [0.717, 1.165) is 19.4 Å². The zero-order valence-corrected chi connectivity index (χ0v) is 13.4. The maximum atomic E-state index is 12.1. The van der Waals surface area contributed by atoms with Crippen molar-refractivity contribution in [3.8, 4) is 0 Å². The van der Waals surface area contributed by atoms with E-state index < -0.39 is 16.0 Å². The number of benzene rings is 1. The first kappa shape index (κ1) is 16.9. The van der Waals surface area contributed by atoms with Gasteiger partial charge in [0.05, 0.1) is 23.2 Å². The van der Waals surface area contributed by atoms with Crippen molar-refractivity contribution in [3.05, 3.63) is 29.8 Å². The first-order valence-corrected chi connectivity index (χ1v) is 8.89. The largest absolute Gasteiger partial charge is 0.462 e. The minimum absolute atomic E-state index is 0.132. The van der Waals surface area contributed by atoms with Crippen LogP contribution in [0.1, 0.15) is 36.5 Å². The minimum Gasteiger partial charge on any atom is -0.462 e. The Morgan fingerprint density at radius 1 is 1.36 bits per heavy atom. The number of hydrogen-bond acceptors (Lipinski definition) is 5. The number of sulfonamides is 1. The van der Waals surface area contributed by atoms with Crippen LogP contribution < -0.4 is 4.72 Å². The number of carbonyl (C=O) groups excluding carboxylic acids is 1. The summed E-state index contributed by atoms with van der Waals surface area (Å²) in [6.45, 7) is 3.09. The molecule has 0 bridgehead atoms. The van der Waals surface area contributed by atoms with Crippen LogP contribution in [0, 0.1) is 0 Å². The van der Waals surface area contributed by atoms with Gasteiger partial charge in [-0.25, -0.2) is 17.9 Å². The van der Waals surface area contributed by atoms with Gasteiger partial charge < -0.3 is 9.47 Å². The Morgan fingerprint density at radius 3 is 2.68 bits per heavy atom. The highest BCUT2D eigenvalue weighted by Gasteiger charge is 2.18. The van der Waals surface area contributed by atoms with E-state index >= 15 is 0 Å². The van der Waals surface area contributed by atoms with Gasteiger partial charge in [0.1, 0.15) is 0 Å². The van der Waals surface area contributed by atoms with Crippen molar-refractivity contribution in [1.29, 1.82) is 0 Å². The molecule has 22 heavy (non-hydrogen) atoms. The molecule has 1 atom stereocenters. The lowest BCUT2D eigenvalue weighted by Gasteiger charge is -2.11. The Hall–Kier alpha value is -1.44. The molecular weight excluding hydrogens is 306 g/mol. The molecule has 0 amide bonds. The maximum Gasteiger partial charge on any atom is 0.338 e. The molecule has 0 spiro atoms. The molecule has 1 saturated heterocycles. The molecule has 1 N–H and O–H groups in total. The monoisotopic (exact) mass is 327 g/mol. The molecule has 1 aromatic carbocycles. The van der Waals surface area contributed by atoms with Crippen molar-refractivity contribution < 1.29 is 22.7 Å². The van der Waals surface area contributed by atoms with E-state index in [-0.39, 0.29) is 17.6 Å². The maximum absolute atomic E-state index is 12.1. The smallest absolute Gasteiger partial charge is 0.338 e. The van der Waals surface area contributed by atoms with Crippen LogP contribution in [0.15, 0.2) is 29.2 Å². The summed E-state index contributed by atoms with van der Waals surface area (Å²) in [4.78, 5) is 11.7. The molecule has 1 aromatic rings. The summed E-state index contributed by atoms with van der Waals surface area (Å²) < 4.78 is 37.2. The highest BCUT2D eigenvalue weighted by atomic mass is 32.2. The van der Waals surface area contributed by atoms with Gasteiger partial charge in [-0.05, 0) is 50.5 Å². The number of rotatable bonds is 7. The third-order valence-electron chi connectivity index (χ3n) is 3.46. The summed E-state index contributed by atoms with van der Waals surface area (Å²) in [6, 6.07) is 5.71. The van der Waals surface area contributed by atoms with Gasteiger partial charge in [-0.2, -0.15) is 0 Å². The summed E-state index contributed by atoms with van der Waals surface area (Å²) in [6.07, 6.45) is 2.83. The van der Waals surface area contributed by atoms with Gasteiger partial charge >= 0.3 is 5.97 Å². The van der Waals surface area contributed by atoms with Crippen molar-refractivity contribution in [1.82, 2.24) is 4.72 Å². The number of carbonyl (C=O) groups is 1. The van der Waals surface area contributed by atoms with Crippen molar-refractivity contribution in [2.45, 2.75) is 37.2 Å².